The van der Waals surface area contributed by atoms with Gasteiger partial charge in [0, 0.05) is 25.0 Å². The zero-order valence-corrected chi connectivity index (χ0v) is 19.2. The monoisotopic (exact) mass is 464 g/mol. The Morgan fingerprint density at radius 3 is 2.30 bits per heavy atom. The van der Waals surface area contributed by atoms with E-state index in [0.29, 0.717) is 16.8 Å². The average Bonchev–Trinajstić information content (AvgIpc) is 3.28. The van der Waals surface area contributed by atoms with E-state index in [2.05, 4.69) is 43.0 Å². The third-order valence-electron chi connectivity index (χ3n) is 3.55. The van der Waals surface area contributed by atoms with E-state index in [0.717, 1.165) is 25.1 Å². The van der Waals surface area contributed by atoms with E-state index in [1.807, 2.05) is 63.7 Å². The van der Waals surface area contributed by atoms with Gasteiger partial charge in [0.1, 0.15) is 9.98 Å². The molecule has 0 aliphatic heterocycles. The molecule has 0 aliphatic rings. The molecule has 7 heteroatoms. The lowest BCUT2D eigenvalue weighted by Gasteiger charge is -2.04. The molecule has 0 atom stereocenters. The van der Waals surface area contributed by atoms with Crippen molar-refractivity contribution in [1.82, 2.24) is 19.5 Å². The minimum atomic E-state index is 0.439. The van der Waals surface area contributed by atoms with Crippen molar-refractivity contribution in [3.63, 3.8) is 0 Å². The Bertz CT molecular complexity index is 1010. The van der Waals surface area contributed by atoms with E-state index in [-0.39, 0.29) is 0 Å². The second kappa shape index (κ2) is 9.97. The minimum Gasteiger partial charge on any atom is -0.331 e. The molecular formula is C20H22BrClN4S. The zero-order chi connectivity index (χ0) is 20.0. The van der Waals surface area contributed by atoms with E-state index in [1.165, 1.54) is 0 Å². The van der Waals surface area contributed by atoms with Gasteiger partial charge in [-0.2, -0.15) is 0 Å². The van der Waals surface area contributed by atoms with E-state index in [9.17, 15) is 0 Å². The van der Waals surface area contributed by atoms with Crippen LogP contribution in [0.15, 0.2) is 46.5 Å². The summed E-state index contributed by atoms with van der Waals surface area (Å²) in [5, 5.41) is 1.31. The first-order valence-electron chi connectivity index (χ1n) is 8.84. The van der Waals surface area contributed by atoms with Crippen molar-refractivity contribution >= 4 is 49.1 Å². The molecule has 4 nitrogen and oxygen atoms in total. The molecular weight excluding hydrogens is 444 g/mol. The van der Waals surface area contributed by atoms with Gasteiger partial charge in [-0.15, -0.1) is 11.3 Å². The van der Waals surface area contributed by atoms with Gasteiger partial charge in [-0.25, -0.2) is 15.0 Å². The molecule has 0 spiro atoms. The van der Waals surface area contributed by atoms with Gasteiger partial charge in [-0.3, -0.25) is 0 Å². The van der Waals surface area contributed by atoms with E-state index in [1.54, 1.807) is 17.5 Å². The van der Waals surface area contributed by atoms with E-state index >= 15 is 0 Å². The van der Waals surface area contributed by atoms with Crippen LogP contribution in [0.2, 0.25) is 5.15 Å². The second-order valence-corrected chi connectivity index (χ2v) is 7.67. The SMILES string of the molecule is CC.CC.Cn1ccnc1-c1nc(Cl)c2c(-c3ccccc3)c(Br)sc2n1. The van der Waals surface area contributed by atoms with E-state index < -0.39 is 0 Å². The van der Waals surface area contributed by atoms with Crippen LogP contribution in [-0.2, 0) is 7.05 Å². The number of aryl methyl sites for hydroxylation is 1. The lowest BCUT2D eigenvalue weighted by Crippen LogP contribution is -1.97. The molecule has 0 fully saturated rings. The van der Waals surface area contributed by atoms with Gasteiger partial charge in [0.25, 0.3) is 0 Å². The highest BCUT2D eigenvalue weighted by atomic mass is 79.9. The molecule has 0 unspecified atom stereocenters. The quantitative estimate of drug-likeness (QED) is 0.293. The first-order valence-corrected chi connectivity index (χ1v) is 10.8. The van der Waals surface area contributed by atoms with Crippen LogP contribution in [0.25, 0.3) is 33.0 Å². The number of benzene rings is 1. The summed E-state index contributed by atoms with van der Waals surface area (Å²) < 4.78 is 2.87. The lowest BCUT2D eigenvalue weighted by molar-refractivity contribution is 0.909. The molecule has 3 aromatic heterocycles. The van der Waals surface area contributed by atoms with Crippen molar-refractivity contribution in [2.75, 3.05) is 0 Å². The Hall–Kier alpha value is -1.76. The number of thiophene rings is 1. The number of aromatic nitrogens is 4. The standard InChI is InChI=1S/C16H10BrClN4S.2C2H6/c1-22-8-7-19-15(22)14-20-13(18)11-10(9-5-3-2-4-6-9)12(17)23-16(11)21-14;2*1-2/h2-8H,1H3;2*1-2H3. The highest BCUT2D eigenvalue weighted by Crippen LogP contribution is 2.44. The first kappa shape index (κ1) is 21.5. The average molecular weight is 466 g/mol. The normalized spacial score (nSPS) is 10.0. The molecule has 0 bridgehead atoms. The van der Waals surface area contributed by atoms with Crippen LogP contribution in [0, 0.1) is 0 Å². The van der Waals surface area contributed by atoms with Gasteiger partial charge in [0.05, 0.1) is 9.17 Å². The summed E-state index contributed by atoms with van der Waals surface area (Å²) in [4.78, 5) is 14.3. The second-order valence-electron chi connectivity index (χ2n) is 5.00. The lowest BCUT2D eigenvalue weighted by atomic mass is 10.1. The van der Waals surface area contributed by atoms with Gasteiger partial charge < -0.3 is 4.57 Å². The molecule has 0 aliphatic carbocycles. The largest absolute Gasteiger partial charge is 0.331 e. The van der Waals surface area contributed by atoms with Crippen LogP contribution in [0.5, 0.6) is 0 Å². The van der Waals surface area contributed by atoms with Crippen LogP contribution >= 0.6 is 38.9 Å². The van der Waals surface area contributed by atoms with Gasteiger partial charge in [-0.05, 0) is 21.5 Å². The summed E-state index contributed by atoms with van der Waals surface area (Å²) in [6.07, 6.45) is 3.58. The van der Waals surface area contributed by atoms with Crippen molar-refractivity contribution in [1.29, 1.82) is 0 Å². The molecule has 4 rings (SSSR count). The highest BCUT2D eigenvalue weighted by Gasteiger charge is 2.19. The smallest absolute Gasteiger partial charge is 0.198 e. The van der Waals surface area contributed by atoms with Crippen LogP contribution in [0.3, 0.4) is 0 Å². The van der Waals surface area contributed by atoms with Crippen LogP contribution < -0.4 is 0 Å². The number of rotatable bonds is 2. The molecule has 0 radical (unpaired) electrons. The zero-order valence-electron chi connectivity index (χ0n) is 16.0. The Balaban J connectivity index is 0.000000614. The Morgan fingerprint density at radius 2 is 1.70 bits per heavy atom. The van der Waals surface area contributed by atoms with E-state index in [4.69, 9.17) is 11.6 Å². The fourth-order valence-corrected chi connectivity index (χ4v) is 4.61. The fraction of sp³-hybridized carbons (Fsp3) is 0.250. The van der Waals surface area contributed by atoms with Gasteiger partial charge in [0.2, 0.25) is 0 Å². The molecule has 0 amide bonds. The topological polar surface area (TPSA) is 43.6 Å². The van der Waals surface area contributed by atoms with Gasteiger partial charge in [-0.1, -0.05) is 69.6 Å². The summed E-state index contributed by atoms with van der Waals surface area (Å²) in [5.74, 6) is 1.22. The Labute approximate surface area is 177 Å². The summed E-state index contributed by atoms with van der Waals surface area (Å²) in [6.45, 7) is 8.00. The number of halogens is 2. The molecule has 1 aromatic carbocycles. The third-order valence-corrected chi connectivity index (χ3v) is 5.58. The Kier molecular flexibility index (Phi) is 7.95. The summed E-state index contributed by atoms with van der Waals surface area (Å²) in [5.41, 5.74) is 2.11. The van der Waals surface area contributed by atoms with Crippen LogP contribution in [0.4, 0.5) is 0 Å². The summed E-state index contributed by atoms with van der Waals surface area (Å²) >= 11 is 11.7. The predicted molar refractivity (Wildman–Crippen MR) is 120 cm³/mol. The highest BCUT2D eigenvalue weighted by molar-refractivity contribution is 9.11. The summed E-state index contributed by atoms with van der Waals surface area (Å²) in [7, 11) is 1.91. The number of fused-ring (bicyclic) bond motifs is 1. The van der Waals surface area contributed by atoms with Gasteiger partial charge in [0.15, 0.2) is 11.6 Å². The number of hydrogen-bond donors (Lipinski definition) is 0. The van der Waals surface area contributed by atoms with Crippen molar-refractivity contribution in [3.8, 4) is 22.8 Å². The minimum absolute atomic E-state index is 0.439. The Morgan fingerprint density at radius 1 is 1.04 bits per heavy atom. The predicted octanol–water partition coefficient (Wildman–Crippen LogP) is 7.23. The molecule has 142 valence electrons. The molecule has 0 saturated carbocycles. The van der Waals surface area contributed by atoms with Crippen molar-refractivity contribution in [2.45, 2.75) is 27.7 Å². The molecule has 0 N–H and O–H groups in total. The first-order chi connectivity index (χ1) is 13.1. The van der Waals surface area contributed by atoms with Crippen molar-refractivity contribution in [2.24, 2.45) is 7.05 Å². The summed E-state index contributed by atoms with van der Waals surface area (Å²) in [6, 6.07) is 10.1. The number of nitrogens with zero attached hydrogens (tertiary/aromatic N) is 4. The van der Waals surface area contributed by atoms with Crippen molar-refractivity contribution < 1.29 is 0 Å². The maximum atomic E-state index is 6.50. The molecule has 0 saturated heterocycles. The van der Waals surface area contributed by atoms with Crippen LogP contribution in [-0.4, -0.2) is 19.5 Å². The third kappa shape index (κ3) is 4.39. The molecule has 4 aromatic rings. The van der Waals surface area contributed by atoms with Crippen LogP contribution in [0.1, 0.15) is 27.7 Å². The molecule has 27 heavy (non-hydrogen) atoms. The van der Waals surface area contributed by atoms with Crippen molar-refractivity contribution in [3.05, 3.63) is 51.7 Å². The fourth-order valence-electron chi connectivity index (χ4n) is 2.48. The van der Waals surface area contributed by atoms with Gasteiger partial charge >= 0.3 is 0 Å². The maximum absolute atomic E-state index is 6.50. The molecule has 3 heterocycles. The number of imidazole rings is 1. The number of hydrogen-bond acceptors (Lipinski definition) is 4. The maximum Gasteiger partial charge on any atom is 0.198 e.